The minimum Gasteiger partial charge on any atom is -0.390 e. The van der Waals surface area contributed by atoms with E-state index in [4.69, 9.17) is 18.0 Å². The van der Waals surface area contributed by atoms with Crippen molar-refractivity contribution in [3.63, 3.8) is 0 Å². The second-order valence-corrected chi connectivity index (χ2v) is 4.55. The van der Waals surface area contributed by atoms with E-state index in [0.29, 0.717) is 4.99 Å². The molecular formula is C16H15NS. The van der Waals surface area contributed by atoms with Crippen LogP contribution >= 0.6 is 12.2 Å². The summed E-state index contributed by atoms with van der Waals surface area (Å²) in [4.78, 5) is 0.461. The molecule has 2 N–H and O–H groups in total. The van der Waals surface area contributed by atoms with Gasteiger partial charge in [0.2, 0.25) is 0 Å². The Hall–Kier alpha value is -1.93. The molecule has 1 nitrogen and oxygen atoms in total. The van der Waals surface area contributed by atoms with E-state index < -0.39 is 0 Å². The van der Waals surface area contributed by atoms with Crippen LogP contribution in [-0.2, 0) is 6.42 Å². The van der Waals surface area contributed by atoms with E-state index in [-0.39, 0.29) is 0 Å². The van der Waals surface area contributed by atoms with Crippen LogP contribution in [0.25, 0.3) is 6.08 Å². The smallest absolute Gasteiger partial charge is 0.0998 e. The summed E-state index contributed by atoms with van der Waals surface area (Å²) >= 11 is 5.12. The molecule has 0 amide bonds. The number of hydrogen-bond acceptors (Lipinski definition) is 1. The Bertz CT molecular complexity index is 544. The fraction of sp³-hybridized carbons (Fsp3) is 0.0625. The minimum absolute atomic E-state index is 0.461. The van der Waals surface area contributed by atoms with E-state index in [0.717, 1.165) is 17.6 Å². The Balaban J connectivity index is 2.25. The first-order chi connectivity index (χ1) is 8.75. The number of hydrogen-bond donors (Lipinski definition) is 1. The highest BCUT2D eigenvalue weighted by Gasteiger charge is 2.03. The van der Waals surface area contributed by atoms with Gasteiger partial charge in [0.05, 0.1) is 4.99 Å². The Labute approximate surface area is 113 Å². The first kappa shape index (κ1) is 12.5. The molecule has 2 aromatic rings. The summed E-state index contributed by atoms with van der Waals surface area (Å²) in [5.74, 6) is 0. The van der Waals surface area contributed by atoms with Gasteiger partial charge in [0.25, 0.3) is 0 Å². The quantitative estimate of drug-likeness (QED) is 0.665. The molecule has 0 bridgehead atoms. The Morgan fingerprint density at radius 1 is 0.944 bits per heavy atom. The highest BCUT2D eigenvalue weighted by molar-refractivity contribution is 7.80. The molecule has 2 aromatic carbocycles. The van der Waals surface area contributed by atoms with Gasteiger partial charge < -0.3 is 5.73 Å². The topological polar surface area (TPSA) is 26.0 Å². The predicted octanol–water partition coefficient (Wildman–Crippen LogP) is 3.60. The molecule has 18 heavy (non-hydrogen) atoms. The average Bonchev–Trinajstić information content (AvgIpc) is 2.40. The maximum atomic E-state index is 5.80. The fourth-order valence-corrected chi connectivity index (χ4v) is 1.91. The number of nitrogens with two attached hydrogens (primary N) is 1. The number of benzene rings is 2. The first-order valence-electron chi connectivity index (χ1n) is 5.85. The molecule has 0 saturated heterocycles. The van der Waals surface area contributed by atoms with Gasteiger partial charge in [-0.3, -0.25) is 0 Å². The normalized spacial score (nSPS) is 11.2. The molecule has 2 rings (SSSR count). The molecule has 2 heteroatoms. The predicted molar refractivity (Wildman–Crippen MR) is 81.4 cm³/mol. The lowest BCUT2D eigenvalue weighted by Crippen LogP contribution is -2.13. The molecule has 90 valence electrons. The highest BCUT2D eigenvalue weighted by Crippen LogP contribution is 2.13. The molecule has 0 radical (unpaired) electrons. The molecule has 0 fully saturated rings. The van der Waals surface area contributed by atoms with Crippen molar-refractivity contribution in [1.29, 1.82) is 0 Å². The van der Waals surface area contributed by atoms with Gasteiger partial charge in [-0.15, -0.1) is 0 Å². The van der Waals surface area contributed by atoms with Gasteiger partial charge in [-0.1, -0.05) is 72.9 Å². The van der Waals surface area contributed by atoms with Gasteiger partial charge in [-0.25, -0.2) is 0 Å². The van der Waals surface area contributed by atoms with Crippen LogP contribution in [-0.4, -0.2) is 4.99 Å². The summed E-state index contributed by atoms with van der Waals surface area (Å²) in [5, 5.41) is 0. The third-order valence-electron chi connectivity index (χ3n) is 2.69. The van der Waals surface area contributed by atoms with Crippen molar-refractivity contribution >= 4 is 23.3 Å². The molecule has 0 aliphatic rings. The minimum atomic E-state index is 0.461. The summed E-state index contributed by atoms with van der Waals surface area (Å²) in [6.07, 6.45) is 2.82. The molecule has 0 saturated carbocycles. The summed E-state index contributed by atoms with van der Waals surface area (Å²) in [7, 11) is 0. The van der Waals surface area contributed by atoms with E-state index in [9.17, 15) is 0 Å². The third kappa shape index (κ3) is 3.54. The van der Waals surface area contributed by atoms with Crippen molar-refractivity contribution in [1.82, 2.24) is 0 Å². The molecule has 0 unspecified atom stereocenters. The molecule has 0 spiro atoms. The maximum absolute atomic E-state index is 5.80. The second-order valence-electron chi connectivity index (χ2n) is 4.11. The number of rotatable bonds is 4. The average molecular weight is 253 g/mol. The fourth-order valence-electron chi connectivity index (χ4n) is 1.78. The van der Waals surface area contributed by atoms with Crippen LogP contribution in [0, 0.1) is 0 Å². The van der Waals surface area contributed by atoms with Gasteiger partial charge in [-0.05, 0) is 22.8 Å². The van der Waals surface area contributed by atoms with Crippen molar-refractivity contribution in [3.8, 4) is 0 Å². The molecular weight excluding hydrogens is 238 g/mol. The molecule has 0 aliphatic heterocycles. The molecule has 0 heterocycles. The van der Waals surface area contributed by atoms with Crippen LogP contribution in [0.5, 0.6) is 0 Å². The lowest BCUT2D eigenvalue weighted by molar-refractivity contribution is 1.23. The van der Waals surface area contributed by atoms with Crippen LogP contribution in [0.3, 0.4) is 0 Å². The summed E-state index contributed by atoms with van der Waals surface area (Å²) in [5.41, 5.74) is 9.12. The van der Waals surface area contributed by atoms with E-state index in [1.165, 1.54) is 5.56 Å². The van der Waals surface area contributed by atoms with Crippen LogP contribution in [0.15, 0.2) is 66.2 Å². The van der Waals surface area contributed by atoms with E-state index >= 15 is 0 Å². The zero-order chi connectivity index (χ0) is 12.8. The first-order valence-corrected chi connectivity index (χ1v) is 6.26. The van der Waals surface area contributed by atoms with Crippen LogP contribution in [0.2, 0.25) is 0 Å². The van der Waals surface area contributed by atoms with E-state index in [1.807, 2.05) is 48.5 Å². The second kappa shape index (κ2) is 6.12. The lowest BCUT2D eigenvalue weighted by Gasteiger charge is -2.06. The zero-order valence-electron chi connectivity index (χ0n) is 10.0. The van der Waals surface area contributed by atoms with Gasteiger partial charge in [-0.2, -0.15) is 0 Å². The van der Waals surface area contributed by atoms with Crippen molar-refractivity contribution in [3.05, 3.63) is 77.4 Å². The molecule has 0 aliphatic carbocycles. The zero-order valence-corrected chi connectivity index (χ0v) is 10.9. The monoisotopic (exact) mass is 253 g/mol. The van der Waals surface area contributed by atoms with Crippen LogP contribution < -0.4 is 5.73 Å². The van der Waals surface area contributed by atoms with Crippen molar-refractivity contribution in [2.45, 2.75) is 6.42 Å². The number of thiocarbonyl (C=S) groups is 1. The van der Waals surface area contributed by atoms with Gasteiger partial charge in [0, 0.05) is 6.42 Å². The van der Waals surface area contributed by atoms with E-state index in [2.05, 4.69) is 18.2 Å². The van der Waals surface area contributed by atoms with Gasteiger partial charge in [0.1, 0.15) is 0 Å². The maximum Gasteiger partial charge on any atom is 0.0998 e. The van der Waals surface area contributed by atoms with Gasteiger partial charge >= 0.3 is 0 Å². The lowest BCUT2D eigenvalue weighted by atomic mass is 10.0. The Morgan fingerprint density at radius 3 is 2.06 bits per heavy atom. The highest BCUT2D eigenvalue weighted by atomic mass is 32.1. The van der Waals surface area contributed by atoms with Crippen molar-refractivity contribution in [2.75, 3.05) is 0 Å². The SMILES string of the molecule is NC(=S)/C(=C/c1ccccc1)Cc1ccccc1. The van der Waals surface area contributed by atoms with Crippen LogP contribution in [0.1, 0.15) is 11.1 Å². The standard InChI is InChI=1S/C16H15NS/c17-16(18)15(11-13-7-3-1-4-8-13)12-14-9-5-2-6-10-14/h1-11H,12H2,(H2,17,18)/b15-11+. The summed E-state index contributed by atoms with van der Waals surface area (Å²) in [6, 6.07) is 20.3. The Kier molecular flexibility index (Phi) is 4.26. The van der Waals surface area contributed by atoms with Gasteiger partial charge in [0.15, 0.2) is 0 Å². The Morgan fingerprint density at radius 2 is 1.50 bits per heavy atom. The third-order valence-corrected chi connectivity index (χ3v) is 2.96. The largest absolute Gasteiger partial charge is 0.390 e. The molecule has 0 atom stereocenters. The van der Waals surface area contributed by atoms with Crippen molar-refractivity contribution in [2.24, 2.45) is 5.73 Å². The van der Waals surface area contributed by atoms with Crippen LogP contribution in [0.4, 0.5) is 0 Å². The molecule has 0 aromatic heterocycles. The van der Waals surface area contributed by atoms with Crippen molar-refractivity contribution < 1.29 is 0 Å². The summed E-state index contributed by atoms with van der Waals surface area (Å²) in [6.45, 7) is 0. The van der Waals surface area contributed by atoms with E-state index in [1.54, 1.807) is 0 Å². The summed E-state index contributed by atoms with van der Waals surface area (Å²) < 4.78 is 0.